The van der Waals surface area contributed by atoms with Gasteiger partial charge in [0.05, 0.1) is 25.9 Å². The fourth-order valence-corrected chi connectivity index (χ4v) is 2.73. The van der Waals surface area contributed by atoms with Crippen molar-refractivity contribution in [3.8, 4) is 11.5 Å². The van der Waals surface area contributed by atoms with Crippen LogP contribution in [0.25, 0.3) is 0 Å². The summed E-state index contributed by atoms with van der Waals surface area (Å²) in [5.41, 5.74) is 3.22. The second-order valence-corrected chi connectivity index (χ2v) is 6.38. The van der Waals surface area contributed by atoms with Crippen LogP contribution in [0.2, 0.25) is 0 Å². The highest BCUT2D eigenvalue weighted by molar-refractivity contribution is 7.80. The Morgan fingerprint density at radius 3 is 2.54 bits per heavy atom. The second-order valence-electron chi connectivity index (χ2n) is 5.98. The Labute approximate surface area is 171 Å². The number of esters is 1. The first-order valence-electron chi connectivity index (χ1n) is 9.10. The lowest BCUT2D eigenvalue weighted by Crippen LogP contribution is -2.28. The molecule has 2 N–H and O–H groups in total. The average Bonchev–Trinajstić information content (AvgIpc) is 2.68. The van der Waals surface area contributed by atoms with Crippen LogP contribution in [0.1, 0.15) is 35.3 Å². The first-order valence-corrected chi connectivity index (χ1v) is 9.51. The Hall–Kier alpha value is -2.80. The molecule has 0 aliphatic rings. The predicted octanol–water partition coefficient (Wildman–Crippen LogP) is 4.07. The highest BCUT2D eigenvalue weighted by Gasteiger charge is 2.10. The molecular formula is C21H26N2O4S. The molecule has 7 heteroatoms. The van der Waals surface area contributed by atoms with Crippen molar-refractivity contribution in [3.63, 3.8) is 0 Å². The normalized spacial score (nSPS) is 10.1. The minimum absolute atomic E-state index is 0.334. The van der Waals surface area contributed by atoms with Crippen molar-refractivity contribution in [2.45, 2.75) is 27.3 Å². The Kier molecular flexibility index (Phi) is 8.07. The fraction of sp³-hybridized carbons (Fsp3) is 0.333. The molecule has 0 aromatic heterocycles. The number of ether oxygens (including phenoxy) is 3. The maximum absolute atomic E-state index is 11.9. The topological polar surface area (TPSA) is 68.8 Å². The van der Waals surface area contributed by atoms with Crippen LogP contribution in [0.4, 0.5) is 5.69 Å². The third-order valence-electron chi connectivity index (χ3n) is 3.98. The second kappa shape index (κ2) is 10.5. The molecule has 28 heavy (non-hydrogen) atoms. The Bertz CT molecular complexity index is 839. The van der Waals surface area contributed by atoms with Gasteiger partial charge in [-0.05, 0) is 68.4 Å². The van der Waals surface area contributed by atoms with Gasteiger partial charge >= 0.3 is 5.97 Å². The van der Waals surface area contributed by atoms with Gasteiger partial charge in [-0.3, -0.25) is 0 Å². The molecule has 2 aromatic carbocycles. The molecule has 0 heterocycles. The lowest BCUT2D eigenvalue weighted by atomic mass is 10.1. The van der Waals surface area contributed by atoms with Crippen molar-refractivity contribution >= 4 is 29.0 Å². The van der Waals surface area contributed by atoms with Gasteiger partial charge in [0.2, 0.25) is 0 Å². The molecule has 0 saturated carbocycles. The van der Waals surface area contributed by atoms with Gasteiger partial charge in [0.1, 0.15) is 0 Å². The van der Waals surface area contributed by atoms with E-state index in [0.717, 1.165) is 16.8 Å². The lowest BCUT2D eigenvalue weighted by molar-refractivity contribution is 0.0526. The van der Waals surface area contributed by atoms with Crippen molar-refractivity contribution in [2.75, 3.05) is 25.6 Å². The first-order chi connectivity index (χ1) is 13.5. The van der Waals surface area contributed by atoms with Crippen LogP contribution in [0, 0.1) is 6.92 Å². The van der Waals surface area contributed by atoms with E-state index in [0.29, 0.717) is 41.9 Å². The van der Waals surface area contributed by atoms with Gasteiger partial charge in [0.25, 0.3) is 0 Å². The Morgan fingerprint density at radius 2 is 1.86 bits per heavy atom. The van der Waals surface area contributed by atoms with Crippen molar-refractivity contribution in [1.29, 1.82) is 0 Å². The number of carbonyl (C=O) groups excluding carboxylic acids is 1. The van der Waals surface area contributed by atoms with E-state index in [1.165, 1.54) is 0 Å². The molecule has 0 radical (unpaired) electrons. The monoisotopic (exact) mass is 402 g/mol. The fourth-order valence-electron chi connectivity index (χ4n) is 2.55. The number of anilines is 1. The van der Waals surface area contributed by atoms with Gasteiger partial charge in [-0.1, -0.05) is 12.1 Å². The molecule has 0 aliphatic heterocycles. The Morgan fingerprint density at radius 1 is 1.07 bits per heavy atom. The van der Waals surface area contributed by atoms with Crippen molar-refractivity contribution in [3.05, 3.63) is 53.1 Å². The van der Waals surface area contributed by atoms with Crippen molar-refractivity contribution in [1.82, 2.24) is 5.32 Å². The molecular weight excluding hydrogens is 376 g/mol. The average molecular weight is 403 g/mol. The molecule has 2 aromatic rings. The molecule has 0 unspecified atom stereocenters. The molecule has 0 bridgehead atoms. The SMILES string of the molecule is CCOC(=O)c1ccc(C)c(NC(=S)NCc2ccc(OC)c(OCC)c2)c1. The predicted molar refractivity (Wildman–Crippen MR) is 114 cm³/mol. The van der Waals surface area contributed by atoms with Gasteiger partial charge in [0, 0.05) is 12.2 Å². The molecule has 0 saturated heterocycles. The number of methoxy groups -OCH3 is 1. The number of hydrogen-bond donors (Lipinski definition) is 2. The largest absolute Gasteiger partial charge is 0.493 e. The summed E-state index contributed by atoms with van der Waals surface area (Å²) in [4.78, 5) is 11.9. The zero-order valence-electron chi connectivity index (χ0n) is 16.6. The maximum Gasteiger partial charge on any atom is 0.338 e. The van der Waals surface area contributed by atoms with E-state index in [-0.39, 0.29) is 5.97 Å². The molecule has 0 amide bonds. The highest BCUT2D eigenvalue weighted by Crippen LogP contribution is 2.28. The van der Waals surface area contributed by atoms with Crippen LogP contribution in [0.15, 0.2) is 36.4 Å². The third-order valence-corrected chi connectivity index (χ3v) is 4.22. The van der Waals surface area contributed by atoms with Crippen molar-refractivity contribution < 1.29 is 19.0 Å². The van der Waals surface area contributed by atoms with Crippen LogP contribution in [0.5, 0.6) is 11.5 Å². The minimum atomic E-state index is -0.355. The molecule has 0 fully saturated rings. The smallest absolute Gasteiger partial charge is 0.338 e. The molecule has 2 rings (SSSR count). The zero-order chi connectivity index (χ0) is 20.5. The Balaban J connectivity index is 2.02. The summed E-state index contributed by atoms with van der Waals surface area (Å²) in [7, 11) is 1.61. The van der Waals surface area contributed by atoms with Crippen LogP contribution in [0.3, 0.4) is 0 Å². The molecule has 0 atom stereocenters. The maximum atomic E-state index is 11.9. The van der Waals surface area contributed by atoms with E-state index >= 15 is 0 Å². The molecule has 6 nitrogen and oxygen atoms in total. The van der Waals surface area contributed by atoms with Gasteiger partial charge in [-0.15, -0.1) is 0 Å². The summed E-state index contributed by atoms with van der Waals surface area (Å²) in [6.07, 6.45) is 0. The molecule has 150 valence electrons. The number of carbonyl (C=O) groups is 1. The van der Waals surface area contributed by atoms with Crippen LogP contribution >= 0.6 is 12.2 Å². The summed E-state index contributed by atoms with van der Waals surface area (Å²) in [5, 5.41) is 6.76. The van der Waals surface area contributed by atoms with E-state index in [1.807, 2.05) is 38.1 Å². The van der Waals surface area contributed by atoms with Crippen molar-refractivity contribution in [2.24, 2.45) is 0 Å². The van der Waals surface area contributed by atoms with Crippen LogP contribution in [-0.4, -0.2) is 31.4 Å². The van der Waals surface area contributed by atoms with Crippen LogP contribution < -0.4 is 20.1 Å². The number of aryl methyl sites for hydroxylation is 1. The highest BCUT2D eigenvalue weighted by atomic mass is 32.1. The minimum Gasteiger partial charge on any atom is -0.493 e. The summed E-state index contributed by atoms with van der Waals surface area (Å²) in [6.45, 7) is 7.06. The van der Waals surface area contributed by atoms with Crippen LogP contribution in [-0.2, 0) is 11.3 Å². The number of rotatable bonds is 8. The van der Waals surface area contributed by atoms with Gasteiger partial charge < -0.3 is 24.8 Å². The number of hydrogen-bond acceptors (Lipinski definition) is 5. The van der Waals surface area contributed by atoms with Gasteiger partial charge in [-0.2, -0.15) is 0 Å². The number of benzene rings is 2. The van der Waals surface area contributed by atoms with Gasteiger partial charge in [0.15, 0.2) is 16.6 Å². The van der Waals surface area contributed by atoms with Gasteiger partial charge in [-0.25, -0.2) is 4.79 Å². The molecule has 0 spiro atoms. The molecule has 0 aliphatic carbocycles. The van der Waals surface area contributed by atoms with E-state index in [1.54, 1.807) is 26.2 Å². The lowest BCUT2D eigenvalue weighted by Gasteiger charge is -2.15. The number of nitrogens with one attached hydrogen (secondary N) is 2. The third kappa shape index (κ3) is 5.85. The summed E-state index contributed by atoms with van der Waals surface area (Å²) in [5.74, 6) is 1.03. The quantitative estimate of drug-likeness (QED) is 0.510. The first kappa shape index (κ1) is 21.5. The van der Waals surface area contributed by atoms with E-state index < -0.39 is 0 Å². The standard InChI is InChI=1S/C21H26N2O4S/c1-5-26-19-11-15(8-10-18(19)25-4)13-22-21(28)23-17-12-16(9-7-14(17)3)20(24)27-6-2/h7-12H,5-6,13H2,1-4H3,(H2,22,23,28). The van der Waals surface area contributed by atoms with E-state index in [9.17, 15) is 4.79 Å². The summed E-state index contributed by atoms with van der Waals surface area (Å²) in [6, 6.07) is 11.1. The summed E-state index contributed by atoms with van der Waals surface area (Å²) < 4.78 is 15.9. The summed E-state index contributed by atoms with van der Waals surface area (Å²) >= 11 is 5.39. The van der Waals surface area contributed by atoms with E-state index in [2.05, 4.69) is 10.6 Å². The van der Waals surface area contributed by atoms with E-state index in [4.69, 9.17) is 26.4 Å². The number of thiocarbonyl (C=S) groups is 1. The zero-order valence-corrected chi connectivity index (χ0v) is 17.4.